The van der Waals surface area contributed by atoms with Crippen LogP contribution in [-0.4, -0.2) is 63.8 Å². The monoisotopic (exact) mass is 601 g/mol. The topological polar surface area (TPSA) is 161 Å². The number of carbonyl (C=O) groups excluding carboxylic acids is 1. The molecule has 1 aromatic carbocycles. The lowest BCUT2D eigenvalue weighted by Gasteiger charge is -2.28. The Labute approximate surface area is 239 Å². The van der Waals surface area contributed by atoms with Crippen LogP contribution in [0.25, 0.3) is 0 Å². The van der Waals surface area contributed by atoms with Crippen LogP contribution >= 0.6 is 6.64 Å². The fourth-order valence-electron chi connectivity index (χ4n) is 2.59. The molecule has 0 fully saturated rings. The Morgan fingerprint density at radius 3 is 2.30 bits per heavy atom. The highest BCUT2D eigenvalue weighted by atomic mass is 32.5. The van der Waals surface area contributed by atoms with E-state index in [0.717, 1.165) is 10.6 Å². The zero-order valence-corrected chi connectivity index (χ0v) is 25.5. The lowest BCUT2D eigenvalue weighted by atomic mass is 10.2. The van der Waals surface area contributed by atoms with Crippen molar-refractivity contribution in [3.8, 4) is 17.6 Å². The zero-order valence-electron chi connectivity index (χ0n) is 23.8. The second-order valence-electron chi connectivity index (χ2n) is 7.87. The van der Waals surface area contributed by atoms with Gasteiger partial charge in [-0.3, -0.25) is 19.1 Å². The van der Waals surface area contributed by atoms with Gasteiger partial charge in [0.2, 0.25) is 0 Å². The van der Waals surface area contributed by atoms with E-state index in [1.54, 1.807) is 52.0 Å². The van der Waals surface area contributed by atoms with Crippen LogP contribution in [0.4, 0.5) is 0 Å². The third-order valence-electron chi connectivity index (χ3n) is 4.43. The van der Waals surface area contributed by atoms with Crippen LogP contribution in [0.3, 0.4) is 0 Å². The number of methoxy groups -OCH3 is 1. The van der Waals surface area contributed by atoms with Crippen LogP contribution in [-0.2, 0) is 37.3 Å². The Balaban J connectivity index is 0.00000105. The molecule has 0 aliphatic rings. The van der Waals surface area contributed by atoms with Gasteiger partial charge in [0, 0.05) is 19.4 Å². The minimum atomic E-state index is -3.18. The van der Waals surface area contributed by atoms with Gasteiger partial charge in [-0.2, -0.15) is 0 Å². The van der Waals surface area contributed by atoms with Crippen molar-refractivity contribution in [2.45, 2.75) is 72.6 Å². The Hall–Kier alpha value is -2.82. The summed E-state index contributed by atoms with van der Waals surface area (Å²) >= 11 is 5.58. The first kappa shape index (κ1) is 37.2. The number of hydrogen-bond acceptors (Lipinski definition) is 10. The van der Waals surface area contributed by atoms with Crippen LogP contribution in [0.2, 0.25) is 0 Å². The van der Waals surface area contributed by atoms with E-state index in [2.05, 4.69) is 16.9 Å². The molecule has 4 atom stereocenters. The van der Waals surface area contributed by atoms with Crippen molar-refractivity contribution in [1.82, 2.24) is 14.6 Å². The fraction of sp³-hybridized carbons (Fsp3) is 0.500. The van der Waals surface area contributed by atoms with Gasteiger partial charge in [0.1, 0.15) is 30.7 Å². The van der Waals surface area contributed by atoms with E-state index in [4.69, 9.17) is 35.4 Å². The van der Waals surface area contributed by atoms with Crippen LogP contribution in [0.5, 0.6) is 5.75 Å². The molecule has 0 radical (unpaired) electrons. The summed E-state index contributed by atoms with van der Waals surface area (Å²) in [5.41, 5.74) is -1.07. The van der Waals surface area contributed by atoms with Crippen molar-refractivity contribution in [2.24, 2.45) is 0 Å². The molecule has 1 heterocycles. The maximum atomic E-state index is 12.2. The van der Waals surface area contributed by atoms with Crippen molar-refractivity contribution < 1.29 is 33.5 Å². The molecule has 0 saturated heterocycles. The van der Waals surface area contributed by atoms with E-state index in [1.807, 2.05) is 24.9 Å². The van der Waals surface area contributed by atoms with Gasteiger partial charge in [-0.25, -0.2) is 9.88 Å². The van der Waals surface area contributed by atoms with E-state index in [9.17, 15) is 19.5 Å². The summed E-state index contributed by atoms with van der Waals surface area (Å²) in [7, 11) is 1.44. The van der Waals surface area contributed by atoms with Crippen molar-refractivity contribution in [3.63, 3.8) is 0 Å². The number of aliphatic hydroxyl groups excluding tert-OH is 2. The van der Waals surface area contributed by atoms with E-state index in [0.29, 0.717) is 5.75 Å². The SMILES string of the molecule is CC.CC#C[C@H](O)C(COP(=S)(NC(C)C(=O)OC(C)C)Oc1ccccc1)OC.O=c1ccn(CO)c(=O)[nH]1. The number of aliphatic hydroxyl groups is 2. The largest absolute Gasteiger partial charge is 0.462 e. The van der Waals surface area contributed by atoms with Crippen molar-refractivity contribution in [3.05, 3.63) is 63.4 Å². The number of esters is 1. The van der Waals surface area contributed by atoms with Gasteiger partial charge in [0.05, 0.1) is 12.7 Å². The van der Waals surface area contributed by atoms with Crippen molar-refractivity contribution >= 4 is 24.4 Å². The highest BCUT2D eigenvalue weighted by Crippen LogP contribution is 2.45. The third-order valence-corrected chi connectivity index (χ3v) is 6.93. The number of aromatic nitrogens is 2. The molecule has 4 N–H and O–H groups in total. The molecule has 224 valence electrons. The van der Waals surface area contributed by atoms with Crippen LogP contribution in [0, 0.1) is 11.8 Å². The lowest BCUT2D eigenvalue weighted by Crippen LogP contribution is -2.37. The molecular formula is C26H40N3O9PS. The number of carbonyl (C=O) groups is 1. The predicted molar refractivity (Wildman–Crippen MR) is 156 cm³/mol. The van der Waals surface area contributed by atoms with E-state index in [-0.39, 0.29) is 12.7 Å². The molecule has 0 amide bonds. The van der Waals surface area contributed by atoms with Gasteiger partial charge >= 0.3 is 18.3 Å². The Morgan fingerprint density at radius 1 is 1.18 bits per heavy atom. The normalized spacial score (nSPS) is 13.9. The molecule has 2 rings (SSSR count). The van der Waals surface area contributed by atoms with Crippen molar-refractivity contribution in [1.29, 1.82) is 0 Å². The van der Waals surface area contributed by atoms with Gasteiger partial charge in [0.15, 0.2) is 0 Å². The fourth-order valence-corrected chi connectivity index (χ4v) is 5.01. The predicted octanol–water partition coefficient (Wildman–Crippen LogP) is 2.15. The number of nitrogens with one attached hydrogen (secondary N) is 2. The van der Waals surface area contributed by atoms with Crippen LogP contribution < -0.4 is 20.9 Å². The third kappa shape index (κ3) is 14.5. The summed E-state index contributed by atoms with van der Waals surface area (Å²) in [5, 5.41) is 21.4. The minimum absolute atomic E-state index is 0.0740. The van der Waals surface area contributed by atoms with Gasteiger partial charge in [-0.15, -0.1) is 5.92 Å². The number of rotatable bonds is 12. The molecule has 0 saturated carbocycles. The Bertz CT molecular complexity index is 1230. The summed E-state index contributed by atoms with van der Waals surface area (Å²) in [6.07, 6.45) is -0.806. The summed E-state index contributed by atoms with van der Waals surface area (Å²) in [6, 6.07) is 9.31. The van der Waals surface area contributed by atoms with Gasteiger partial charge < -0.3 is 28.7 Å². The summed E-state index contributed by atoms with van der Waals surface area (Å²) < 4.78 is 23.1. The number of ether oxygens (including phenoxy) is 2. The molecule has 14 heteroatoms. The number of nitrogens with zero attached hydrogens (tertiary/aromatic N) is 1. The van der Waals surface area contributed by atoms with E-state index < -0.39 is 48.8 Å². The standard InChI is InChI=1S/C19H28NO6PS.C5H6N2O3.C2H6/c1-6-10-17(21)18(23-5)13-24-27(28,26-16-11-8-7-9-12-16)20-15(4)19(22)25-14(2)3;8-3-7-2-1-4(9)6-5(7)10;1-2/h7-9,11-12,14-15,17-18,21H,13H2,1-5H3,(H,20,28);1-2,8H,3H2,(H,6,9,10);1-2H3/t15?,17-,18?,27?;;/m0../s1. The molecule has 2 aromatic rings. The summed E-state index contributed by atoms with van der Waals surface area (Å²) in [5.74, 6) is 5.25. The molecule has 0 spiro atoms. The average molecular weight is 602 g/mol. The highest BCUT2D eigenvalue weighted by Gasteiger charge is 2.30. The number of benzene rings is 1. The summed E-state index contributed by atoms with van der Waals surface area (Å²) in [4.78, 5) is 35.2. The van der Waals surface area contributed by atoms with Gasteiger partial charge in [-0.1, -0.05) is 38.0 Å². The van der Waals surface area contributed by atoms with Crippen LogP contribution in [0.1, 0.15) is 41.5 Å². The quantitative estimate of drug-likeness (QED) is 0.160. The molecule has 12 nitrogen and oxygen atoms in total. The number of hydrogen-bond donors (Lipinski definition) is 4. The number of H-pyrrole nitrogens is 1. The molecule has 3 unspecified atom stereocenters. The van der Waals surface area contributed by atoms with E-state index in [1.165, 1.54) is 13.3 Å². The molecule has 0 bridgehead atoms. The van der Waals surface area contributed by atoms with Crippen LogP contribution in [0.15, 0.2) is 52.2 Å². The Morgan fingerprint density at radius 2 is 1.80 bits per heavy atom. The Kier molecular flexibility index (Phi) is 18.7. The molecule has 40 heavy (non-hydrogen) atoms. The molecule has 0 aliphatic carbocycles. The highest BCUT2D eigenvalue weighted by molar-refractivity contribution is 8.09. The van der Waals surface area contributed by atoms with Gasteiger partial charge in [0.25, 0.3) is 5.56 Å². The molecular weight excluding hydrogens is 561 g/mol. The van der Waals surface area contributed by atoms with E-state index >= 15 is 0 Å². The molecule has 0 aliphatic heterocycles. The maximum absolute atomic E-state index is 12.2. The number of aromatic amines is 1. The number of para-hydroxylation sites is 1. The second kappa shape index (κ2) is 20.1. The first-order chi connectivity index (χ1) is 18.9. The first-order valence-electron chi connectivity index (χ1n) is 12.5. The minimum Gasteiger partial charge on any atom is -0.462 e. The van der Waals surface area contributed by atoms with Gasteiger partial charge in [-0.05, 0) is 51.6 Å². The smallest absolute Gasteiger partial charge is 0.330 e. The summed E-state index contributed by atoms with van der Waals surface area (Å²) in [6.45, 7) is 7.08. The van der Waals surface area contributed by atoms with Crippen molar-refractivity contribution in [2.75, 3.05) is 13.7 Å². The average Bonchev–Trinajstić information content (AvgIpc) is 2.91. The first-order valence-corrected chi connectivity index (χ1v) is 15.1. The second-order valence-corrected chi connectivity index (χ2v) is 11.0. The zero-order chi connectivity index (χ0) is 30.7. The lowest BCUT2D eigenvalue weighted by molar-refractivity contribution is -0.149. The molecule has 1 aromatic heterocycles. The maximum Gasteiger partial charge on any atom is 0.330 e.